The highest BCUT2D eigenvalue weighted by atomic mass is 16.1. The molecule has 38 heavy (non-hydrogen) atoms. The van der Waals surface area contributed by atoms with Gasteiger partial charge in [-0.2, -0.15) is 0 Å². The maximum absolute atomic E-state index is 8.35. The Kier molecular flexibility index (Phi) is 19.8. The number of fused-ring (bicyclic) bond motifs is 4. The Morgan fingerprint density at radius 1 is 0.579 bits per heavy atom. The summed E-state index contributed by atoms with van der Waals surface area (Å²) in [5.41, 5.74) is 7.06. The molecular weight excluding hydrogens is 480 g/mol. The largest absolute Gasteiger partial charge is 0.231 e. The Morgan fingerprint density at radius 3 is 1.37 bits per heavy atom. The van der Waals surface area contributed by atoms with E-state index >= 15 is 0 Å². The van der Waals surface area contributed by atoms with E-state index in [9.17, 15) is 0 Å². The Bertz CT molecular complexity index is 1020. The molecule has 0 aliphatic heterocycles. The molecule has 0 saturated heterocycles. The number of hydrogen-bond acceptors (Lipinski definition) is 8. The predicted molar refractivity (Wildman–Crippen MR) is 147 cm³/mol. The van der Waals surface area contributed by atoms with Crippen LogP contribution < -0.4 is 0 Å². The van der Waals surface area contributed by atoms with Crippen LogP contribution in [-0.2, 0) is 19.2 Å². The molecule has 2 aromatic carbocycles. The zero-order valence-electron chi connectivity index (χ0n) is 22.1. The van der Waals surface area contributed by atoms with Crippen molar-refractivity contribution in [2.45, 2.75) is 77.6 Å². The summed E-state index contributed by atoms with van der Waals surface area (Å²) in [4.78, 5) is 33.4. The summed E-state index contributed by atoms with van der Waals surface area (Å²) in [6.07, 6.45) is 19.9. The van der Waals surface area contributed by atoms with E-state index in [4.69, 9.17) is 40.8 Å². The fourth-order valence-electron chi connectivity index (χ4n) is 5.44. The van der Waals surface area contributed by atoms with Gasteiger partial charge in [0.05, 0.1) is 0 Å². The molecule has 2 fully saturated rings. The van der Waals surface area contributed by atoms with E-state index < -0.39 is 0 Å². The Balaban J connectivity index is 0.000000514. The van der Waals surface area contributed by atoms with Gasteiger partial charge in [-0.25, -0.2) is 40.8 Å². The molecule has 4 N–H and O–H groups in total. The summed E-state index contributed by atoms with van der Waals surface area (Å²) in [5.74, 6) is 2.24. The molecule has 0 unspecified atom stereocenters. The average Bonchev–Trinajstić information content (AvgIpc) is 2.91. The highest BCUT2D eigenvalue weighted by molar-refractivity contribution is 6.03. The first kappa shape index (κ1) is 34.0. The first-order valence-corrected chi connectivity index (χ1v) is 12.8. The van der Waals surface area contributed by atoms with Crippen LogP contribution >= 0.6 is 0 Å². The van der Waals surface area contributed by atoms with Crippen molar-refractivity contribution in [1.82, 2.24) is 0 Å². The summed E-state index contributed by atoms with van der Waals surface area (Å²) in [6.45, 7) is 2.18. The minimum absolute atomic E-state index is 0.750. The zero-order chi connectivity index (χ0) is 28.6. The molecule has 0 aromatic heterocycles. The van der Waals surface area contributed by atoms with E-state index in [1.807, 2.05) is 0 Å². The third kappa shape index (κ3) is 12.8. The molecule has 0 heterocycles. The predicted octanol–water partition coefficient (Wildman–Crippen LogP) is 7.78. The number of benzene rings is 2. The monoisotopic (exact) mass is 518 g/mol. The molecule has 0 atom stereocenters. The first-order chi connectivity index (χ1) is 18.5. The number of aryl methyl sites for hydroxylation is 1. The molecule has 3 aliphatic rings. The van der Waals surface area contributed by atoms with Crippen molar-refractivity contribution >= 4 is 24.3 Å². The molecule has 0 bridgehead atoms. The minimum atomic E-state index is 0.750. The Labute approximate surface area is 224 Å². The lowest BCUT2D eigenvalue weighted by Gasteiger charge is -2.28. The normalized spacial score (nSPS) is 14.2. The maximum Gasteiger partial charge on any atom is 0.231 e. The van der Waals surface area contributed by atoms with E-state index in [0.29, 0.717) is 0 Å². The third-order valence-corrected chi connectivity index (χ3v) is 6.88. The number of hydrogen-bond donors (Lipinski definition) is 4. The van der Waals surface area contributed by atoms with E-state index in [-0.39, 0.29) is 0 Å². The second-order valence-corrected chi connectivity index (χ2v) is 9.20. The first-order valence-electron chi connectivity index (χ1n) is 12.8. The second kappa shape index (κ2) is 22.2. The average molecular weight is 519 g/mol. The molecule has 2 aromatic rings. The molecule has 0 amide bonds. The molecule has 2 saturated carbocycles. The summed E-state index contributed by atoms with van der Waals surface area (Å²) in [7, 11) is 0. The van der Waals surface area contributed by atoms with Crippen LogP contribution in [0, 0.1) is 40.4 Å². The van der Waals surface area contributed by atoms with Gasteiger partial charge in [-0.15, -0.1) is 0 Å². The van der Waals surface area contributed by atoms with Crippen molar-refractivity contribution in [1.29, 1.82) is 21.6 Å². The minimum Gasteiger partial charge on any atom is -0.222 e. The van der Waals surface area contributed by atoms with Crippen molar-refractivity contribution < 1.29 is 19.2 Å². The van der Waals surface area contributed by atoms with Gasteiger partial charge in [0.1, 0.15) is 0 Å². The molecule has 3 aliphatic carbocycles. The molecule has 5 rings (SSSR count). The van der Waals surface area contributed by atoms with Crippen LogP contribution in [0.3, 0.4) is 0 Å². The van der Waals surface area contributed by atoms with Crippen molar-refractivity contribution in [3.05, 3.63) is 48.0 Å². The number of nitrogens with one attached hydrogen (secondary N) is 4. The topological polar surface area (TPSA) is 164 Å². The third-order valence-electron chi connectivity index (χ3n) is 6.88. The Hall–Kier alpha value is -4.04. The van der Waals surface area contributed by atoms with E-state index in [1.54, 1.807) is 32.1 Å². The lowest BCUT2D eigenvalue weighted by atomic mass is 9.78. The van der Waals surface area contributed by atoms with Crippen molar-refractivity contribution in [2.24, 2.45) is 11.8 Å². The van der Waals surface area contributed by atoms with Crippen LogP contribution in [-0.4, -0.2) is 24.3 Å². The van der Waals surface area contributed by atoms with E-state index in [2.05, 4.69) is 49.4 Å². The van der Waals surface area contributed by atoms with Crippen molar-refractivity contribution in [2.75, 3.05) is 0 Å². The highest BCUT2D eigenvalue weighted by Gasteiger charge is 2.22. The SMILES string of the molecule is C1CCC(CC2CCCCC2)CC1.Cc1cccc2c1-c1ccccc1-2.N=C=O.N=C=O.N=C=O.N=C=O. The lowest BCUT2D eigenvalue weighted by Crippen LogP contribution is -2.14. The summed E-state index contributed by atoms with van der Waals surface area (Å²) in [5, 5.41) is 21.6. The number of rotatable bonds is 2. The van der Waals surface area contributed by atoms with Gasteiger partial charge in [-0.1, -0.05) is 107 Å². The summed E-state index contributed by atoms with van der Waals surface area (Å²) in [6, 6.07) is 15.1. The molecule has 202 valence electrons. The summed E-state index contributed by atoms with van der Waals surface area (Å²) >= 11 is 0. The van der Waals surface area contributed by atoms with Crippen LogP contribution in [0.15, 0.2) is 42.5 Å². The molecular formula is C30H38N4O4. The van der Waals surface area contributed by atoms with Gasteiger partial charge in [0, 0.05) is 0 Å². The smallest absolute Gasteiger partial charge is 0.222 e. The Morgan fingerprint density at radius 2 is 0.947 bits per heavy atom. The second-order valence-electron chi connectivity index (χ2n) is 9.20. The van der Waals surface area contributed by atoms with Crippen LogP contribution in [0.25, 0.3) is 22.3 Å². The van der Waals surface area contributed by atoms with Gasteiger partial charge >= 0.3 is 0 Å². The van der Waals surface area contributed by atoms with E-state index in [0.717, 1.165) is 36.2 Å². The number of carbonyl (C=O) groups excluding carboxylic acids is 4. The lowest BCUT2D eigenvalue weighted by molar-refractivity contribution is 0.244. The highest BCUT2D eigenvalue weighted by Crippen LogP contribution is 2.48. The van der Waals surface area contributed by atoms with Gasteiger partial charge in [0.25, 0.3) is 0 Å². The van der Waals surface area contributed by atoms with Gasteiger partial charge in [0.2, 0.25) is 24.3 Å². The van der Waals surface area contributed by atoms with Gasteiger partial charge in [0.15, 0.2) is 0 Å². The van der Waals surface area contributed by atoms with Crippen molar-refractivity contribution in [3.63, 3.8) is 0 Å². The molecule has 0 spiro atoms. The maximum atomic E-state index is 8.35. The molecule has 8 heteroatoms. The van der Waals surface area contributed by atoms with Crippen LogP contribution in [0.1, 0.15) is 76.2 Å². The van der Waals surface area contributed by atoms with Crippen LogP contribution in [0.5, 0.6) is 0 Å². The molecule has 0 radical (unpaired) electrons. The fraction of sp³-hybridized carbons (Fsp3) is 0.467. The van der Waals surface area contributed by atoms with Gasteiger partial charge in [-0.3, -0.25) is 0 Å². The van der Waals surface area contributed by atoms with E-state index in [1.165, 1.54) is 66.3 Å². The number of isocyanates is 4. The molecule has 8 nitrogen and oxygen atoms in total. The van der Waals surface area contributed by atoms with Crippen LogP contribution in [0.4, 0.5) is 0 Å². The quantitative estimate of drug-likeness (QED) is 0.201. The fourth-order valence-corrected chi connectivity index (χ4v) is 5.44. The van der Waals surface area contributed by atoms with Crippen LogP contribution in [0.2, 0.25) is 0 Å². The van der Waals surface area contributed by atoms with Crippen molar-refractivity contribution in [3.8, 4) is 22.3 Å². The zero-order valence-corrected chi connectivity index (χ0v) is 22.1. The van der Waals surface area contributed by atoms with Gasteiger partial charge in [-0.05, 0) is 53.0 Å². The van der Waals surface area contributed by atoms with Gasteiger partial charge < -0.3 is 0 Å². The summed E-state index contributed by atoms with van der Waals surface area (Å²) < 4.78 is 0. The standard InChI is InChI=1S/C13H10.C13H24.4CHNO/c1-9-5-4-8-12-10-6-2-3-7-11(10)13(9)12;1-3-7-12(8-4-1)11-13-9-5-2-6-10-13;4*2-1-3/h2-8H,1H3;12-13H,1-11H2;4*2H.